The van der Waals surface area contributed by atoms with Crippen molar-refractivity contribution in [3.8, 4) is 0 Å². The molecule has 5 nitrogen and oxygen atoms in total. The van der Waals surface area contributed by atoms with Crippen molar-refractivity contribution >= 4 is 29.1 Å². The summed E-state index contributed by atoms with van der Waals surface area (Å²) in [5.41, 5.74) is 0.690. The van der Waals surface area contributed by atoms with Gasteiger partial charge in [-0.1, -0.05) is 17.7 Å². The third-order valence-electron chi connectivity index (χ3n) is 4.29. The third-order valence-corrected chi connectivity index (χ3v) is 4.53. The van der Waals surface area contributed by atoms with Gasteiger partial charge in [-0.05, 0) is 45.9 Å². The second-order valence-electron chi connectivity index (χ2n) is 6.98. The minimum absolute atomic E-state index is 0.357. The van der Waals surface area contributed by atoms with E-state index in [-0.39, 0.29) is 5.54 Å². The quantitative estimate of drug-likeness (QED) is 0.769. The van der Waals surface area contributed by atoms with Gasteiger partial charge < -0.3 is 14.7 Å². The molecular formula is C18H26ClN3O2. The van der Waals surface area contributed by atoms with Crippen molar-refractivity contribution in [2.24, 2.45) is 0 Å². The molecular weight excluding hydrogens is 326 g/mol. The molecule has 0 unspecified atom stereocenters. The van der Waals surface area contributed by atoms with E-state index in [1.165, 1.54) is 0 Å². The second-order valence-corrected chi connectivity index (χ2v) is 7.42. The van der Waals surface area contributed by atoms with Gasteiger partial charge in [0, 0.05) is 49.0 Å². The summed E-state index contributed by atoms with van der Waals surface area (Å²) in [7, 11) is 0. The predicted molar refractivity (Wildman–Crippen MR) is 97.4 cm³/mol. The highest BCUT2D eigenvalue weighted by Gasteiger charge is 2.33. The molecule has 1 aromatic rings. The Morgan fingerprint density at radius 2 is 1.79 bits per heavy atom. The van der Waals surface area contributed by atoms with Crippen molar-refractivity contribution in [3.05, 3.63) is 29.3 Å². The fourth-order valence-electron chi connectivity index (χ4n) is 3.01. The van der Waals surface area contributed by atoms with Crippen LogP contribution in [0, 0.1) is 0 Å². The van der Waals surface area contributed by atoms with E-state index in [1.807, 2.05) is 52.0 Å². The number of hydrogen-bond acceptors (Lipinski definition) is 3. The molecule has 1 aromatic carbocycles. The fourth-order valence-corrected chi connectivity index (χ4v) is 3.20. The number of carbonyl (C=O) groups excluding carboxylic acids is 2. The number of hydrogen-bond donors (Lipinski definition) is 0. The Bertz CT molecular complexity index is 605. The summed E-state index contributed by atoms with van der Waals surface area (Å²) in [4.78, 5) is 30.5. The van der Waals surface area contributed by atoms with E-state index in [1.54, 1.807) is 9.80 Å². The Morgan fingerprint density at radius 3 is 2.29 bits per heavy atom. The van der Waals surface area contributed by atoms with Gasteiger partial charge in [-0.25, -0.2) is 0 Å². The standard InChI is InChI=1S/C18H26ClN3O2/c1-5-22(18(2,3)4)17(24)16(23)21-11-9-20(10-12-21)15-8-6-7-14(19)13-15/h6-8,13H,5,9-12H2,1-4H3. The zero-order chi connectivity index (χ0) is 17.9. The van der Waals surface area contributed by atoms with Gasteiger partial charge in [0.25, 0.3) is 0 Å². The maximum Gasteiger partial charge on any atom is 0.312 e. The molecule has 1 aliphatic heterocycles. The minimum Gasteiger partial charge on any atom is -0.368 e. The van der Waals surface area contributed by atoms with Crippen LogP contribution in [0.5, 0.6) is 0 Å². The number of halogens is 1. The highest BCUT2D eigenvalue weighted by atomic mass is 35.5. The second kappa shape index (κ2) is 7.43. The summed E-state index contributed by atoms with van der Waals surface area (Å²) in [6.07, 6.45) is 0. The topological polar surface area (TPSA) is 43.9 Å². The Hall–Kier alpha value is -1.75. The van der Waals surface area contributed by atoms with Crippen molar-refractivity contribution in [1.29, 1.82) is 0 Å². The largest absolute Gasteiger partial charge is 0.368 e. The van der Waals surface area contributed by atoms with Gasteiger partial charge in [-0.3, -0.25) is 9.59 Å². The molecule has 132 valence electrons. The number of anilines is 1. The third kappa shape index (κ3) is 4.20. The van der Waals surface area contributed by atoms with Crippen molar-refractivity contribution in [2.75, 3.05) is 37.6 Å². The van der Waals surface area contributed by atoms with E-state index in [0.29, 0.717) is 37.7 Å². The highest BCUT2D eigenvalue weighted by molar-refractivity contribution is 6.35. The highest BCUT2D eigenvalue weighted by Crippen LogP contribution is 2.21. The van der Waals surface area contributed by atoms with E-state index < -0.39 is 11.8 Å². The van der Waals surface area contributed by atoms with Crippen LogP contribution in [0.15, 0.2) is 24.3 Å². The molecule has 0 aliphatic carbocycles. The van der Waals surface area contributed by atoms with E-state index in [2.05, 4.69) is 4.90 Å². The molecule has 0 N–H and O–H groups in total. The van der Waals surface area contributed by atoms with Crippen molar-refractivity contribution in [3.63, 3.8) is 0 Å². The molecule has 0 radical (unpaired) electrons. The molecule has 0 spiro atoms. The maximum atomic E-state index is 12.5. The summed E-state index contributed by atoms with van der Waals surface area (Å²) in [6.45, 7) is 10.7. The number of benzene rings is 1. The van der Waals surface area contributed by atoms with Crippen LogP contribution >= 0.6 is 11.6 Å². The van der Waals surface area contributed by atoms with Crippen molar-refractivity contribution in [1.82, 2.24) is 9.80 Å². The molecule has 0 bridgehead atoms. The number of carbonyl (C=O) groups is 2. The molecule has 0 atom stereocenters. The van der Waals surface area contributed by atoms with Crippen LogP contribution in [0.25, 0.3) is 0 Å². The lowest BCUT2D eigenvalue weighted by Gasteiger charge is -2.39. The molecule has 24 heavy (non-hydrogen) atoms. The zero-order valence-corrected chi connectivity index (χ0v) is 15.6. The Kier molecular flexibility index (Phi) is 5.75. The van der Waals surface area contributed by atoms with Crippen LogP contribution in [-0.4, -0.2) is 59.9 Å². The lowest BCUT2D eigenvalue weighted by Crippen LogP contribution is -2.56. The van der Waals surface area contributed by atoms with E-state index in [9.17, 15) is 9.59 Å². The van der Waals surface area contributed by atoms with Gasteiger partial charge in [0.05, 0.1) is 0 Å². The normalized spacial score (nSPS) is 15.4. The number of nitrogens with zero attached hydrogens (tertiary/aromatic N) is 3. The van der Waals surface area contributed by atoms with Crippen molar-refractivity contribution < 1.29 is 9.59 Å². The Balaban J connectivity index is 1.99. The number of piperazine rings is 1. The molecule has 0 saturated carbocycles. The molecule has 0 aromatic heterocycles. The molecule has 6 heteroatoms. The molecule has 1 heterocycles. The van der Waals surface area contributed by atoms with Crippen LogP contribution < -0.4 is 4.90 Å². The van der Waals surface area contributed by atoms with Crippen LogP contribution in [0.4, 0.5) is 5.69 Å². The average molecular weight is 352 g/mol. The first-order valence-electron chi connectivity index (χ1n) is 8.35. The number of amides is 2. The zero-order valence-electron chi connectivity index (χ0n) is 14.9. The summed E-state index contributed by atoms with van der Waals surface area (Å²) < 4.78 is 0. The van der Waals surface area contributed by atoms with Crippen molar-refractivity contribution in [2.45, 2.75) is 33.2 Å². The fraction of sp³-hybridized carbons (Fsp3) is 0.556. The molecule has 1 saturated heterocycles. The summed E-state index contributed by atoms with van der Waals surface area (Å²) in [6, 6.07) is 7.69. The minimum atomic E-state index is -0.416. The van der Waals surface area contributed by atoms with Crippen LogP contribution in [-0.2, 0) is 9.59 Å². The number of likely N-dealkylation sites (N-methyl/N-ethyl adjacent to an activating group) is 1. The monoisotopic (exact) mass is 351 g/mol. The Morgan fingerprint density at radius 1 is 1.17 bits per heavy atom. The molecule has 1 fully saturated rings. The summed E-state index contributed by atoms with van der Waals surface area (Å²) >= 11 is 6.04. The molecule has 2 rings (SSSR count). The summed E-state index contributed by atoms with van der Waals surface area (Å²) in [5, 5.41) is 0.699. The van der Waals surface area contributed by atoms with E-state index in [4.69, 9.17) is 11.6 Å². The number of rotatable bonds is 2. The van der Waals surface area contributed by atoms with E-state index >= 15 is 0 Å². The predicted octanol–water partition coefficient (Wildman–Crippen LogP) is 2.64. The lowest BCUT2D eigenvalue weighted by atomic mass is 10.1. The first kappa shape index (κ1) is 18.6. The van der Waals surface area contributed by atoms with Gasteiger partial charge >= 0.3 is 11.8 Å². The SMILES string of the molecule is CCN(C(=O)C(=O)N1CCN(c2cccc(Cl)c2)CC1)C(C)(C)C. The lowest BCUT2D eigenvalue weighted by molar-refractivity contribution is -0.154. The van der Waals surface area contributed by atoms with Gasteiger partial charge in [-0.15, -0.1) is 0 Å². The van der Waals surface area contributed by atoms with Gasteiger partial charge in [0.2, 0.25) is 0 Å². The van der Waals surface area contributed by atoms with E-state index in [0.717, 1.165) is 5.69 Å². The molecule has 1 aliphatic rings. The van der Waals surface area contributed by atoms with Crippen LogP contribution in [0.2, 0.25) is 5.02 Å². The first-order valence-corrected chi connectivity index (χ1v) is 8.73. The maximum absolute atomic E-state index is 12.5. The Labute approximate surface area is 149 Å². The first-order chi connectivity index (χ1) is 11.2. The van der Waals surface area contributed by atoms with Gasteiger partial charge in [0.1, 0.15) is 0 Å². The smallest absolute Gasteiger partial charge is 0.312 e. The summed E-state index contributed by atoms with van der Waals surface area (Å²) in [5.74, 6) is -0.821. The molecule has 2 amide bonds. The average Bonchev–Trinajstić information content (AvgIpc) is 2.53. The van der Waals surface area contributed by atoms with Crippen LogP contribution in [0.1, 0.15) is 27.7 Å². The van der Waals surface area contributed by atoms with Gasteiger partial charge in [0.15, 0.2) is 0 Å². The van der Waals surface area contributed by atoms with Gasteiger partial charge in [-0.2, -0.15) is 0 Å². The van der Waals surface area contributed by atoms with Crippen LogP contribution in [0.3, 0.4) is 0 Å².